The second-order valence-electron chi connectivity index (χ2n) is 2.89. The van der Waals surface area contributed by atoms with Crippen LogP contribution in [0.1, 0.15) is 13.8 Å². The lowest BCUT2D eigenvalue weighted by atomic mass is 10.7. The summed E-state index contributed by atoms with van der Waals surface area (Å²) >= 11 is 0. The second kappa shape index (κ2) is 9.65. The van der Waals surface area contributed by atoms with Crippen molar-refractivity contribution in [1.29, 1.82) is 0 Å². The predicted molar refractivity (Wildman–Crippen MR) is 54.3 cm³/mol. The van der Waals surface area contributed by atoms with Crippen LogP contribution in [0.3, 0.4) is 0 Å². The zero-order valence-electron chi connectivity index (χ0n) is 10.7. The third kappa shape index (κ3) is 19.7. The molecule has 0 fully saturated rings. The van der Waals surface area contributed by atoms with Gasteiger partial charge in [0.05, 0.1) is 0 Å². The van der Waals surface area contributed by atoms with Crippen molar-refractivity contribution in [3.05, 3.63) is 0 Å². The quantitative estimate of drug-likeness (QED) is 0.495. The molecule has 21 heavy (non-hydrogen) atoms. The van der Waals surface area contributed by atoms with Gasteiger partial charge < -0.3 is 13.6 Å². The Labute approximate surface area is 115 Å². The third-order valence-corrected chi connectivity index (χ3v) is 2.02. The average molecular weight is 358 g/mol. The molecule has 0 aromatic carbocycles. The average Bonchev–Trinajstić information content (AvgIpc) is 2.26. The largest absolute Gasteiger partial charge is 0.412 e. The maximum Gasteiger partial charge on any atom is 0.412 e. The van der Waals surface area contributed by atoms with Gasteiger partial charge in [0.2, 0.25) is 0 Å². The van der Waals surface area contributed by atoms with E-state index < -0.39 is 47.0 Å². The number of rotatable bonds is 6. The number of alkyl halides is 9. The molecule has 0 unspecified atom stereocenters. The Morgan fingerprint density at radius 2 is 0.762 bits per heavy atom. The smallest absolute Gasteiger partial charge is 0.303 e. The summed E-state index contributed by atoms with van der Waals surface area (Å²) in [5.74, 6) is 0. The Bertz CT molecular complexity index is 220. The van der Waals surface area contributed by atoms with E-state index in [1.807, 2.05) is 13.8 Å². The van der Waals surface area contributed by atoms with Gasteiger partial charge in [-0.25, -0.2) is 0 Å². The minimum Gasteiger partial charge on any atom is -0.303 e. The number of hydrogen-bond acceptors (Lipinski definition) is 3. The Morgan fingerprint density at radius 1 is 0.571 bits per heavy atom. The Morgan fingerprint density at radius 3 is 0.905 bits per heavy atom. The molecule has 0 bridgehead atoms. The van der Waals surface area contributed by atoms with Crippen molar-refractivity contribution < 1.29 is 53.1 Å². The first-order valence-electron chi connectivity index (χ1n) is 5.18. The van der Waals surface area contributed by atoms with Crippen molar-refractivity contribution in [2.24, 2.45) is 0 Å². The standard InChI is InChI=1S/C6H6F9O3P.C2H6/c7-4(8,9)1-16-19(17-2-5(10,11)12)18-3-6(13,14)15;1-2/h1-3H2;1-2H3. The van der Waals surface area contributed by atoms with Crippen molar-refractivity contribution in [2.45, 2.75) is 32.4 Å². The van der Waals surface area contributed by atoms with E-state index in [0.29, 0.717) is 0 Å². The molecule has 0 radical (unpaired) electrons. The highest BCUT2D eigenvalue weighted by atomic mass is 31.2. The predicted octanol–water partition coefficient (Wildman–Crippen LogP) is 4.98. The molecule has 0 amide bonds. The van der Waals surface area contributed by atoms with Crippen LogP contribution in [-0.2, 0) is 13.6 Å². The van der Waals surface area contributed by atoms with Gasteiger partial charge in [-0.15, -0.1) is 0 Å². The SMILES string of the molecule is CC.FC(F)(F)COP(OCC(F)(F)F)OCC(F)(F)F. The third-order valence-electron chi connectivity index (χ3n) is 1.00. The Hall–Kier alpha value is -0.320. The van der Waals surface area contributed by atoms with Gasteiger partial charge in [-0.1, -0.05) is 13.8 Å². The molecule has 0 saturated heterocycles. The first kappa shape index (κ1) is 23.0. The van der Waals surface area contributed by atoms with Gasteiger partial charge in [-0.05, 0) is 0 Å². The highest BCUT2D eigenvalue weighted by molar-refractivity contribution is 7.41. The van der Waals surface area contributed by atoms with Crippen molar-refractivity contribution in [3.63, 3.8) is 0 Å². The molecule has 0 saturated carbocycles. The van der Waals surface area contributed by atoms with E-state index >= 15 is 0 Å². The minimum absolute atomic E-state index is 2.00. The normalized spacial score (nSPS) is 13.1. The fraction of sp³-hybridized carbons (Fsp3) is 1.00. The molecule has 130 valence electrons. The minimum atomic E-state index is -4.94. The summed E-state index contributed by atoms with van der Waals surface area (Å²) in [5.41, 5.74) is 0. The summed E-state index contributed by atoms with van der Waals surface area (Å²) in [6.07, 6.45) is -14.8. The molecule has 0 aliphatic carbocycles. The molecule has 0 heterocycles. The van der Waals surface area contributed by atoms with Crippen LogP contribution in [0.25, 0.3) is 0 Å². The highest BCUT2D eigenvalue weighted by Gasteiger charge is 2.36. The van der Waals surface area contributed by atoms with Gasteiger partial charge in [0, 0.05) is 0 Å². The van der Waals surface area contributed by atoms with Crippen molar-refractivity contribution in [1.82, 2.24) is 0 Å². The van der Waals surface area contributed by atoms with Gasteiger partial charge in [-0.2, -0.15) is 39.5 Å². The van der Waals surface area contributed by atoms with E-state index in [1.54, 1.807) is 0 Å². The van der Waals surface area contributed by atoms with Crippen LogP contribution in [0.15, 0.2) is 0 Å². The molecule has 0 aliphatic heterocycles. The van der Waals surface area contributed by atoms with E-state index in [1.165, 1.54) is 0 Å². The van der Waals surface area contributed by atoms with Crippen LogP contribution >= 0.6 is 8.60 Å². The van der Waals surface area contributed by atoms with Gasteiger partial charge in [-0.3, -0.25) is 0 Å². The van der Waals surface area contributed by atoms with Gasteiger partial charge in [0.1, 0.15) is 0 Å². The van der Waals surface area contributed by atoms with Gasteiger partial charge in [0.15, 0.2) is 19.8 Å². The first-order valence-corrected chi connectivity index (χ1v) is 6.27. The molecule has 0 N–H and O–H groups in total. The fourth-order valence-electron chi connectivity index (χ4n) is 0.489. The van der Waals surface area contributed by atoms with Crippen LogP contribution in [0.2, 0.25) is 0 Å². The maximum atomic E-state index is 11.7. The number of hydrogen-bond donors (Lipinski definition) is 0. The molecule has 0 aliphatic rings. The molecular formula is C8H12F9O3P. The van der Waals surface area contributed by atoms with E-state index in [4.69, 9.17) is 0 Å². The monoisotopic (exact) mass is 358 g/mol. The van der Waals surface area contributed by atoms with Crippen molar-refractivity contribution in [3.8, 4) is 0 Å². The van der Waals surface area contributed by atoms with Crippen LogP contribution in [0.5, 0.6) is 0 Å². The molecule has 13 heteroatoms. The Balaban J connectivity index is 0. The van der Waals surface area contributed by atoms with Crippen molar-refractivity contribution in [2.75, 3.05) is 19.8 Å². The molecule has 0 aromatic rings. The van der Waals surface area contributed by atoms with E-state index in [9.17, 15) is 39.5 Å². The molecule has 0 rings (SSSR count). The highest BCUT2D eigenvalue weighted by Crippen LogP contribution is 2.43. The maximum absolute atomic E-state index is 11.7. The molecule has 0 aromatic heterocycles. The zero-order chi connectivity index (χ0) is 17.3. The lowest BCUT2D eigenvalue weighted by molar-refractivity contribution is -0.175. The van der Waals surface area contributed by atoms with E-state index in [-0.39, 0.29) is 0 Å². The summed E-state index contributed by atoms with van der Waals surface area (Å²) in [6, 6.07) is 0. The lowest BCUT2D eigenvalue weighted by Gasteiger charge is -2.19. The molecular weight excluding hydrogens is 346 g/mol. The van der Waals surface area contributed by atoms with Gasteiger partial charge >= 0.3 is 27.1 Å². The van der Waals surface area contributed by atoms with Crippen molar-refractivity contribution >= 4 is 8.60 Å². The Kier molecular flexibility index (Phi) is 10.5. The van der Waals surface area contributed by atoms with Gasteiger partial charge in [0.25, 0.3) is 0 Å². The fourth-order valence-corrected chi connectivity index (χ4v) is 1.47. The summed E-state index contributed by atoms with van der Waals surface area (Å²) in [7, 11) is -3.41. The zero-order valence-corrected chi connectivity index (χ0v) is 11.6. The van der Waals surface area contributed by atoms with E-state index in [2.05, 4.69) is 13.6 Å². The molecule has 0 spiro atoms. The topological polar surface area (TPSA) is 27.7 Å². The summed E-state index contributed by atoms with van der Waals surface area (Å²) in [4.78, 5) is 0. The van der Waals surface area contributed by atoms with Crippen LogP contribution in [0.4, 0.5) is 39.5 Å². The van der Waals surface area contributed by atoms with Crippen LogP contribution < -0.4 is 0 Å². The lowest BCUT2D eigenvalue weighted by Crippen LogP contribution is -2.21. The summed E-state index contributed by atoms with van der Waals surface area (Å²) < 4.78 is 116. The molecule has 0 atom stereocenters. The summed E-state index contributed by atoms with van der Waals surface area (Å²) in [5, 5.41) is 0. The van der Waals surface area contributed by atoms with E-state index in [0.717, 1.165) is 0 Å². The molecule has 3 nitrogen and oxygen atoms in total. The van der Waals surface area contributed by atoms with Crippen LogP contribution in [0, 0.1) is 0 Å². The second-order valence-corrected chi connectivity index (χ2v) is 4.11. The summed E-state index contributed by atoms with van der Waals surface area (Å²) in [6.45, 7) is -2.27. The first-order chi connectivity index (χ1) is 9.29. The number of halogens is 9. The van der Waals surface area contributed by atoms with Crippen LogP contribution in [-0.4, -0.2) is 38.3 Å².